The summed E-state index contributed by atoms with van der Waals surface area (Å²) in [5, 5.41) is 24.6. The number of fused-ring (bicyclic) bond motifs is 3. The monoisotopic (exact) mass is 536 g/mol. The van der Waals surface area contributed by atoms with Gasteiger partial charge in [0.05, 0.1) is 19.3 Å². The van der Waals surface area contributed by atoms with Crippen molar-refractivity contribution in [3.8, 4) is 0 Å². The number of hydrogen-bond acceptors (Lipinski definition) is 3. The molecule has 0 spiro atoms. The molecule has 0 saturated carbocycles. The number of benzene rings is 2. The summed E-state index contributed by atoms with van der Waals surface area (Å²) in [5.74, 6) is 0. The minimum Gasteiger partial charge on any atom is -0.395 e. The van der Waals surface area contributed by atoms with Crippen LogP contribution >= 0.6 is 45.2 Å². The molecule has 0 radical (unpaired) electrons. The third-order valence-corrected chi connectivity index (χ3v) is 5.19. The molecule has 0 bridgehead atoms. The van der Waals surface area contributed by atoms with E-state index in [-0.39, 0.29) is 6.61 Å². The number of nitrogens with one attached hydrogen (secondary N) is 1. The topological polar surface area (TPSA) is 57.4 Å². The number of nitrogens with zero attached hydrogens (tertiary/aromatic N) is 1. The van der Waals surface area contributed by atoms with E-state index in [1.54, 1.807) is 0 Å². The van der Waals surface area contributed by atoms with E-state index in [9.17, 15) is 5.11 Å². The highest BCUT2D eigenvalue weighted by atomic mass is 127. The Morgan fingerprint density at radius 2 is 1.57 bits per heavy atom. The van der Waals surface area contributed by atoms with Crippen molar-refractivity contribution in [1.82, 2.24) is 9.88 Å². The van der Waals surface area contributed by atoms with Gasteiger partial charge in [0, 0.05) is 42.0 Å². The lowest BCUT2D eigenvalue weighted by Crippen LogP contribution is -2.31. The molecule has 1 heterocycles. The highest BCUT2D eigenvalue weighted by Crippen LogP contribution is 2.31. The standard InChI is InChI=1S/C17H18I2N2O2/c18-11-1-3-16-14(7-11)15-8-12(19)2-4-17(15)21(16)10-13(23)9-20-5-6-22/h1-4,7-8,13,20,22-23H,5-6,9-10H2/t13-/m0/s1. The van der Waals surface area contributed by atoms with Gasteiger partial charge < -0.3 is 20.1 Å². The highest BCUT2D eigenvalue weighted by molar-refractivity contribution is 14.1. The molecule has 3 aromatic rings. The van der Waals surface area contributed by atoms with E-state index >= 15 is 0 Å². The fourth-order valence-electron chi connectivity index (χ4n) is 2.87. The molecule has 0 unspecified atom stereocenters. The molecular formula is C17H18I2N2O2. The number of aliphatic hydroxyl groups is 2. The molecule has 0 aliphatic heterocycles. The predicted octanol–water partition coefficient (Wildman–Crippen LogP) is 2.95. The lowest BCUT2D eigenvalue weighted by atomic mass is 10.2. The summed E-state index contributed by atoms with van der Waals surface area (Å²) >= 11 is 4.66. The molecule has 0 saturated heterocycles. The van der Waals surface area contributed by atoms with Gasteiger partial charge in [-0.15, -0.1) is 0 Å². The molecule has 122 valence electrons. The lowest BCUT2D eigenvalue weighted by molar-refractivity contribution is 0.151. The number of hydrogen-bond donors (Lipinski definition) is 3. The van der Waals surface area contributed by atoms with Crippen LogP contribution in [0.25, 0.3) is 21.8 Å². The maximum absolute atomic E-state index is 10.3. The smallest absolute Gasteiger partial charge is 0.0843 e. The zero-order chi connectivity index (χ0) is 16.4. The summed E-state index contributed by atoms with van der Waals surface area (Å²) in [6, 6.07) is 12.8. The number of aliphatic hydroxyl groups excluding tert-OH is 2. The van der Waals surface area contributed by atoms with Crippen LogP contribution in [0.5, 0.6) is 0 Å². The van der Waals surface area contributed by atoms with E-state index in [1.807, 2.05) is 0 Å². The molecule has 0 aliphatic carbocycles. The van der Waals surface area contributed by atoms with Crippen LogP contribution < -0.4 is 5.32 Å². The van der Waals surface area contributed by atoms with Crippen LogP contribution in [0.1, 0.15) is 0 Å². The molecule has 3 N–H and O–H groups in total. The lowest BCUT2D eigenvalue weighted by Gasteiger charge is -2.14. The van der Waals surface area contributed by atoms with Crippen molar-refractivity contribution < 1.29 is 10.2 Å². The average molecular weight is 536 g/mol. The van der Waals surface area contributed by atoms with Crippen LogP contribution in [0.4, 0.5) is 0 Å². The van der Waals surface area contributed by atoms with Gasteiger partial charge in [-0.1, -0.05) is 0 Å². The third-order valence-electron chi connectivity index (χ3n) is 3.85. The van der Waals surface area contributed by atoms with Gasteiger partial charge in [-0.3, -0.25) is 0 Å². The van der Waals surface area contributed by atoms with Crippen LogP contribution in [-0.4, -0.2) is 40.6 Å². The molecule has 0 aliphatic rings. The van der Waals surface area contributed by atoms with Crippen molar-refractivity contribution in [2.45, 2.75) is 12.6 Å². The Kier molecular flexibility index (Phi) is 5.78. The second-order valence-corrected chi connectivity index (χ2v) is 8.01. The van der Waals surface area contributed by atoms with E-state index in [0.29, 0.717) is 19.6 Å². The molecule has 4 nitrogen and oxygen atoms in total. The van der Waals surface area contributed by atoms with Gasteiger partial charge in [0.1, 0.15) is 0 Å². The molecular weight excluding hydrogens is 518 g/mol. The first-order valence-corrected chi connectivity index (χ1v) is 9.62. The van der Waals surface area contributed by atoms with E-state index < -0.39 is 6.10 Å². The predicted molar refractivity (Wildman–Crippen MR) is 111 cm³/mol. The Labute approximate surface area is 162 Å². The van der Waals surface area contributed by atoms with Gasteiger partial charge in [0.15, 0.2) is 0 Å². The number of halogens is 2. The van der Waals surface area contributed by atoms with E-state index in [0.717, 1.165) is 11.0 Å². The van der Waals surface area contributed by atoms with Gasteiger partial charge in [0.25, 0.3) is 0 Å². The van der Waals surface area contributed by atoms with Crippen molar-refractivity contribution >= 4 is 67.0 Å². The fraction of sp³-hybridized carbons (Fsp3) is 0.294. The fourth-order valence-corrected chi connectivity index (χ4v) is 3.85. The van der Waals surface area contributed by atoms with Gasteiger partial charge in [0.2, 0.25) is 0 Å². The maximum Gasteiger partial charge on any atom is 0.0843 e. The maximum atomic E-state index is 10.3. The summed E-state index contributed by atoms with van der Waals surface area (Å²) < 4.78 is 4.60. The van der Waals surface area contributed by atoms with E-state index in [1.165, 1.54) is 17.9 Å². The molecule has 2 aromatic carbocycles. The Morgan fingerprint density at radius 3 is 2.09 bits per heavy atom. The van der Waals surface area contributed by atoms with E-state index in [4.69, 9.17) is 5.11 Å². The van der Waals surface area contributed by atoms with Gasteiger partial charge in [-0.25, -0.2) is 0 Å². The first-order valence-electron chi connectivity index (χ1n) is 7.47. The van der Waals surface area contributed by atoms with Crippen molar-refractivity contribution in [2.24, 2.45) is 0 Å². The summed E-state index contributed by atoms with van der Waals surface area (Å²) in [6.45, 7) is 1.58. The Morgan fingerprint density at radius 1 is 1.00 bits per heavy atom. The second-order valence-electron chi connectivity index (χ2n) is 5.52. The van der Waals surface area contributed by atoms with Crippen molar-refractivity contribution in [3.63, 3.8) is 0 Å². The molecule has 1 atom stereocenters. The van der Waals surface area contributed by atoms with Gasteiger partial charge >= 0.3 is 0 Å². The minimum atomic E-state index is -0.501. The Bertz CT molecular complexity index is 773. The van der Waals surface area contributed by atoms with Crippen molar-refractivity contribution in [2.75, 3.05) is 19.7 Å². The Balaban J connectivity index is 2.03. The van der Waals surface area contributed by atoms with Gasteiger partial charge in [-0.05, 0) is 81.6 Å². The van der Waals surface area contributed by atoms with Crippen LogP contribution in [-0.2, 0) is 6.54 Å². The van der Waals surface area contributed by atoms with Gasteiger partial charge in [-0.2, -0.15) is 0 Å². The summed E-state index contributed by atoms with van der Waals surface area (Å²) in [7, 11) is 0. The van der Waals surface area contributed by atoms with Crippen LogP contribution in [0, 0.1) is 7.14 Å². The average Bonchev–Trinajstić information content (AvgIpc) is 2.80. The molecule has 3 rings (SSSR count). The van der Waals surface area contributed by atoms with Crippen molar-refractivity contribution in [3.05, 3.63) is 43.5 Å². The zero-order valence-corrected chi connectivity index (χ0v) is 16.8. The quantitative estimate of drug-likeness (QED) is 0.336. The normalized spacial score (nSPS) is 13.0. The van der Waals surface area contributed by atoms with Crippen LogP contribution in [0.3, 0.4) is 0 Å². The summed E-state index contributed by atoms with van der Waals surface area (Å²) in [4.78, 5) is 0. The molecule has 1 aromatic heterocycles. The number of aromatic nitrogens is 1. The second kappa shape index (κ2) is 7.64. The largest absolute Gasteiger partial charge is 0.395 e. The van der Waals surface area contributed by atoms with Crippen molar-refractivity contribution in [1.29, 1.82) is 0 Å². The molecule has 6 heteroatoms. The first kappa shape index (κ1) is 17.4. The SMILES string of the molecule is OCCNC[C@H](O)Cn1c2ccc(I)cc2c2cc(I)ccc21. The Hall–Kier alpha value is -0.420. The third kappa shape index (κ3) is 3.81. The minimum absolute atomic E-state index is 0.0823. The molecule has 0 fully saturated rings. The summed E-state index contributed by atoms with van der Waals surface area (Å²) in [5.41, 5.74) is 2.28. The first-order chi connectivity index (χ1) is 11.1. The van der Waals surface area contributed by atoms with Crippen LogP contribution in [0.2, 0.25) is 0 Å². The van der Waals surface area contributed by atoms with Crippen LogP contribution in [0.15, 0.2) is 36.4 Å². The highest BCUT2D eigenvalue weighted by Gasteiger charge is 2.14. The molecule has 0 amide bonds. The number of rotatable bonds is 6. The van der Waals surface area contributed by atoms with E-state index in [2.05, 4.69) is 91.5 Å². The molecule has 23 heavy (non-hydrogen) atoms. The summed E-state index contributed by atoms with van der Waals surface area (Å²) in [6.07, 6.45) is -0.501. The zero-order valence-electron chi connectivity index (χ0n) is 12.5.